The third-order valence-corrected chi connectivity index (χ3v) is 6.36. The third-order valence-electron chi connectivity index (χ3n) is 5.16. The minimum Gasteiger partial charge on any atom is -0.474 e. The van der Waals surface area contributed by atoms with Crippen molar-refractivity contribution in [2.45, 2.75) is 50.8 Å². The molecule has 3 heterocycles. The normalized spacial score (nSPS) is 24.8. The summed E-state index contributed by atoms with van der Waals surface area (Å²) in [4.78, 5) is 13.7. The van der Waals surface area contributed by atoms with Gasteiger partial charge >= 0.3 is 0 Å². The molecule has 0 aromatic carbocycles. The molecule has 1 saturated carbocycles. The highest BCUT2D eigenvalue weighted by atomic mass is 32.1. The Morgan fingerprint density at radius 1 is 1.17 bits per heavy atom. The van der Waals surface area contributed by atoms with E-state index in [9.17, 15) is 0 Å². The van der Waals surface area contributed by atoms with Crippen LogP contribution in [0.1, 0.15) is 36.1 Å². The van der Waals surface area contributed by atoms with Crippen molar-refractivity contribution in [1.29, 1.82) is 0 Å². The van der Waals surface area contributed by atoms with Crippen LogP contribution in [0.25, 0.3) is 10.2 Å². The molecule has 7 heteroatoms. The maximum Gasteiger partial charge on any atom is 0.225 e. The fourth-order valence-corrected chi connectivity index (χ4v) is 4.89. The highest BCUT2D eigenvalue weighted by Gasteiger charge is 2.26. The van der Waals surface area contributed by atoms with Crippen LogP contribution in [0.5, 0.6) is 5.88 Å². The van der Waals surface area contributed by atoms with Gasteiger partial charge in [-0.05, 0) is 51.8 Å². The largest absolute Gasteiger partial charge is 0.474 e. The van der Waals surface area contributed by atoms with Crippen LogP contribution in [0.4, 0.5) is 0 Å². The van der Waals surface area contributed by atoms with Gasteiger partial charge in [0.1, 0.15) is 17.3 Å². The lowest BCUT2D eigenvalue weighted by Gasteiger charge is -2.32. The van der Waals surface area contributed by atoms with Gasteiger partial charge in [0.25, 0.3) is 0 Å². The van der Waals surface area contributed by atoms with Crippen LogP contribution < -0.4 is 15.6 Å². The van der Waals surface area contributed by atoms with E-state index in [1.165, 1.54) is 23.3 Å². The highest BCUT2D eigenvalue weighted by molar-refractivity contribution is 7.18. The van der Waals surface area contributed by atoms with Crippen molar-refractivity contribution in [1.82, 2.24) is 25.7 Å². The van der Waals surface area contributed by atoms with E-state index in [4.69, 9.17) is 4.74 Å². The molecule has 24 heavy (non-hydrogen) atoms. The summed E-state index contributed by atoms with van der Waals surface area (Å²) >= 11 is 1.78. The first-order chi connectivity index (χ1) is 11.7. The van der Waals surface area contributed by atoms with Crippen molar-refractivity contribution in [3.05, 3.63) is 16.8 Å². The number of hydrogen-bond acceptors (Lipinski definition) is 7. The molecular formula is C17H25N5OS. The van der Waals surface area contributed by atoms with Crippen LogP contribution in [0.3, 0.4) is 0 Å². The summed E-state index contributed by atoms with van der Waals surface area (Å²) in [7, 11) is 4.34. The van der Waals surface area contributed by atoms with Gasteiger partial charge in [0.15, 0.2) is 0 Å². The van der Waals surface area contributed by atoms with Gasteiger partial charge < -0.3 is 9.64 Å². The summed E-state index contributed by atoms with van der Waals surface area (Å²) in [5.41, 5.74) is 7.81. The second-order valence-corrected chi connectivity index (χ2v) is 7.99. The number of fused-ring (bicyclic) bond motifs is 3. The first kappa shape index (κ1) is 16.2. The number of ether oxygens (including phenoxy) is 1. The van der Waals surface area contributed by atoms with Gasteiger partial charge in [-0.1, -0.05) is 0 Å². The Morgan fingerprint density at radius 3 is 2.79 bits per heavy atom. The van der Waals surface area contributed by atoms with Crippen molar-refractivity contribution < 1.29 is 4.74 Å². The second-order valence-electron chi connectivity index (χ2n) is 6.91. The zero-order valence-corrected chi connectivity index (χ0v) is 15.2. The molecule has 0 atom stereocenters. The van der Waals surface area contributed by atoms with Crippen molar-refractivity contribution in [2.75, 3.05) is 20.6 Å². The number of nitrogens with zero attached hydrogens (tertiary/aromatic N) is 3. The fraction of sp³-hybridized carbons (Fsp3) is 0.647. The molecule has 0 radical (unpaired) electrons. The highest BCUT2D eigenvalue weighted by Crippen LogP contribution is 2.37. The van der Waals surface area contributed by atoms with E-state index < -0.39 is 0 Å². The molecule has 1 aliphatic carbocycles. The molecule has 0 saturated heterocycles. The van der Waals surface area contributed by atoms with Gasteiger partial charge in [-0.25, -0.2) is 9.97 Å². The number of hydrazine groups is 1. The summed E-state index contributed by atoms with van der Waals surface area (Å²) in [5, 5.41) is 1.11. The summed E-state index contributed by atoms with van der Waals surface area (Å²) in [5.74, 6) is 0.773. The molecule has 2 aromatic rings. The summed E-state index contributed by atoms with van der Waals surface area (Å²) in [6.07, 6.45) is 7.52. The molecule has 0 bridgehead atoms. The van der Waals surface area contributed by atoms with Gasteiger partial charge in [0.2, 0.25) is 5.88 Å². The van der Waals surface area contributed by atoms with E-state index in [1.54, 1.807) is 17.7 Å². The first-order valence-electron chi connectivity index (χ1n) is 8.76. The molecule has 2 aliphatic rings. The van der Waals surface area contributed by atoms with Crippen LogP contribution in [-0.4, -0.2) is 47.7 Å². The van der Waals surface area contributed by atoms with Crippen molar-refractivity contribution in [3.63, 3.8) is 0 Å². The molecule has 6 nitrogen and oxygen atoms in total. The smallest absolute Gasteiger partial charge is 0.225 e. The molecule has 2 N–H and O–H groups in total. The zero-order valence-electron chi connectivity index (χ0n) is 14.3. The minimum absolute atomic E-state index is 0.270. The summed E-state index contributed by atoms with van der Waals surface area (Å²) in [6, 6.07) is 0.683. The summed E-state index contributed by atoms with van der Waals surface area (Å²) < 4.78 is 6.35. The average molecular weight is 347 g/mol. The molecule has 0 spiro atoms. The molecule has 4 rings (SSSR count). The number of hydrogen-bond donors (Lipinski definition) is 2. The Kier molecular flexibility index (Phi) is 4.67. The quantitative estimate of drug-likeness (QED) is 0.887. The molecule has 0 unspecified atom stereocenters. The lowest BCUT2D eigenvalue weighted by molar-refractivity contribution is 0.108. The molecule has 1 aliphatic heterocycles. The zero-order chi connectivity index (χ0) is 16.5. The van der Waals surface area contributed by atoms with E-state index >= 15 is 0 Å². The molecule has 1 fully saturated rings. The van der Waals surface area contributed by atoms with E-state index in [1.807, 2.05) is 0 Å². The van der Waals surface area contributed by atoms with Crippen LogP contribution in [0.15, 0.2) is 6.33 Å². The number of aromatic nitrogens is 2. The number of thiophene rings is 1. The van der Waals surface area contributed by atoms with Gasteiger partial charge in [0, 0.05) is 24.0 Å². The predicted octanol–water partition coefficient (Wildman–Crippen LogP) is 2.09. The molecular weight excluding hydrogens is 322 g/mol. The first-order valence-corrected chi connectivity index (χ1v) is 9.58. The van der Waals surface area contributed by atoms with Gasteiger partial charge in [-0.3, -0.25) is 10.9 Å². The number of rotatable bonds is 3. The Morgan fingerprint density at radius 2 is 2.00 bits per heavy atom. The number of nitrogens with one attached hydrogen (secondary N) is 2. The SMILES string of the molecule is CN(C)[C@H]1CC[C@H](Oc2ncnc3sc4c(c23)CNNCC4)CC1. The Balaban J connectivity index is 1.57. The predicted molar refractivity (Wildman–Crippen MR) is 96.3 cm³/mol. The maximum absolute atomic E-state index is 6.35. The van der Waals surface area contributed by atoms with Crippen molar-refractivity contribution in [2.24, 2.45) is 0 Å². The molecule has 130 valence electrons. The Bertz CT molecular complexity index is 708. The minimum atomic E-state index is 0.270. The van der Waals surface area contributed by atoms with Crippen molar-refractivity contribution >= 4 is 21.6 Å². The molecule has 2 aromatic heterocycles. The lowest BCUT2D eigenvalue weighted by atomic mass is 9.92. The van der Waals surface area contributed by atoms with Gasteiger partial charge in [0.05, 0.1) is 5.39 Å². The van der Waals surface area contributed by atoms with Crippen LogP contribution in [0, 0.1) is 0 Å². The maximum atomic E-state index is 6.35. The summed E-state index contributed by atoms with van der Waals surface area (Å²) in [6.45, 7) is 1.74. The van der Waals surface area contributed by atoms with Gasteiger partial charge in [-0.15, -0.1) is 11.3 Å². The van der Waals surface area contributed by atoms with Crippen LogP contribution >= 0.6 is 11.3 Å². The van der Waals surface area contributed by atoms with E-state index in [0.717, 1.165) is 48.4 Å². The Hall–Kier alpha value is -1.28. The fourth-order valence-electron chi connectivity index (χ4n) is 3.74. The standard InChI is InChI=1S/C17H25N5OS/c1-22(2)11-3-5-12(6-4-11)23-16-15-13-9-21-20-8-7-14(13)24-17(15)19-10-18-16/h10-12,20-21H,3-9H2,1-2H3/t11-,12-. The monoisotopic (exact) mass is 347 g/mol. The van der Waals surface area contributed by atoms with Gasteiger partial charge in [-0.2, -0.15) is 0 Å². The third kappa shape index (κ3) is 3.13. The topological polar surface area (TPSA) is 62.3 Å². The van der Waals surface area contributed by atoms with Crippen LogP contribution in [0.2, 0.25) is 0 Å². The van der Waals surface area contributed by atoms with Crippen molar-refractivity contribution in [3.8, 4) is 5.88 Å². The lowest BCUT2D eigenvalue weighted by Crippen LogP contribution is -2.35. The molecule has 0 amide bonds. The second kappa shape index (κ2) is 6.92. The van der Waals surface area contributed by atoms with E-state index in [0.29, 0.717) is 6.04 Å². The van der Waals surface area contributed by atoms with E-state index in [2.05, 4.69) is 39.8 Å². The average Bonchev–Trinajstić information content (AvgIpc) is 2.78. The van der Waals surface area contributed by atoms with Crippen LogP contribution in [-0.2, 0) is 13.0 Å². The Labute approximate surface area is 146 Å². The van der Waals surface area contributed by atoms with E-state index in [-0.39, 0.29) is 6.10 Å².